The maximum Gasteiger partial charge on any atom is 0.326 e. The maximum atomic E-state index is 12.0. The van der Waals surface area contributed by atoms with E-state index in [1.165, 1.54) is 12.3 Å². The zero-order valence-corrected chi connectivity index (χ0v) is 13.5. The minimum Gasteiger partial charge on any atom is -0.480 e. The molecular formula is C20H18N2O3. The topological polar surface area (TPSA) is 82.2 Å². The van der Waals surface area contributed by atoms with E-state index in [-0.39, 0.29) is 5.78 Å². The van der Waals surface area contributed by atoms with Crippen LogP contribution in [0.4, 0.5) is 0 Å². The Bertz CT molecular complexity index is 913. The molecule has 126 valence electrons. The van der Waals surface area contributed by atoms with Crippen molar-refractivity contribution in [2.75, 3.05) is 0 Å². The Morgan fingerprint density at radius 1 is 1.08 bits per heavy atom. The number of ketones is 1. The number of carbonyl (C=O) groups is 2. The Morgan fingerprint density at radius 3 is 2.56 bits per heavy atom. The lowest BCUT2D eigenvalue weighted by atomic mass is 10.1. The van der Waals surface area contributed by atoms with Gasteiger partial charge in [-0.3, -0.25) is 4.79 Å². The van der Waals surface area contributed by atoms with Crippen molar-refractivity contribution in [3.05, 3.63) is 84.2 Å². The predicted octanol–water partition coefficient (Wildman–Crippen LogP) is 3.15. The number of allylic oxidation sites excluding steroid dienone is 1. The van der Waals surface area contributed by atoms with Crippen LogP contribution in [0.25, 0.3) is 10.9 Å². The predicted molar refractivity (Wildman–Crippen MR) is 96.5 cm³/mol. The zero-order valence-electron chi connectivity index (χ0n) is 13.5. The summed E-state index contributed by atoms with van der Waals surface area (Å²) < 4.78 is 0. The van der Waals surface area contributed by atoms with Gasteiger partial charge in [0.2, 0.25) is 0 Å². The highest BCUT2D eigenvalue weighted by Gasteiger charge is 2.18. The normalized spacial score (nSPS) is 12.3. The average molecular weight is 334 g/mol. The third-order valence-corrected chi connectivity index (χ3v) is 3.99. The summed E-state index contributed by atoms with van der Waals surface area (Å²) in [4.78, 5) is 26.7. The van der Waals surface area contributed by atoms with Gasteiger partial charge in [-0.15, -0.1) is 0 Å². The summed E-state index contributed by atoms with van der Waals surface area (Å²) in [5.74, 6) is -1.15. The largest absolute Gasteiger partial charge is 0.480 e. The standard InChI is InChI=1S/C20H18N2O3/c23-19(14-6-2-1-3-7-14)10-11-21-18(20(24)25)12-15-13-22-17-9-5-4-8-16(15)17/h1-11,13,18,21-22H,12H2,(H,24,25)/b11-10+/t18-/m1/s1. The molecule has 3 rings (SSSR count). The Morgan fingerprint density at radius 2 is 1.80 bits per heavy atom. The highest BCUT2D eigenvalue weighted by atomic mass is 16.4. The third kappa shape index (κ3) is 3.95. The molecule has 0 amide bonds. The van der Waals surface area contributed by atoms with Gasteiger partial charge in [0.15, 0.2) is 5.78 Å². The van der Waals surface area contributed by atoms with Gasteiger partial charge in [-0.1, -0.05) is 48.5 Å². The maximum absolute atomic E-state index is 12.0. The zero-order chi connectivity index (χ0) is 17.6. The highest BCUT2D eigenvalue weighted by Crippen LogP contribution is 2.19. The van der Waals surface area contributed by atoms with E-state index in [9.17, 15) is 14.7 Å². The second-order valence-corrected chi connectivity index (χ2v) is 5.68. The third-order valence-electron chi connectivity index (χ3n) is 3.99. The van der Waals surface area contributed by atoms with Crippen LogP contribution >= 0.6 is 0 Å². The van der Waals surface area contributed by atoms with Gasteiger partial charge in [-0.05, 0) is 11.6 Å². The van der Waals surface area contributed by atoms with Gasteiger partial charge in [0.1, 0.15) is 6.04 Å². The van der Waals surface area contributed by atoms with Crippen LogP contribution in [0.5, 0.6) is 0 Å². The van der Waals surface area contributed by atoms with Gasteiger partial charge < -0.3 is 15.4 Å². The molecule has 0 aliphatic heterocycles. The van der Waals surface area contributed by atoms with Crippen molar-refractivity contribution in [1.82, 2.24) is 10.3 Å². The summed E-state index contributed by atoms with van der Waals surface area (Å²) in [7, 11) is 0. The molecule has 0 fully saturated rings. The fourth-order valence-corrected chi connectivity index (χ4v) is 2.68. The lowest BCUT2D eigenvalue weighted by molar-refractivity contribution is -0.139. The Kier molecular flexibility index (Phi) is 4.95. The molecule has 1 atom stereocenters. The fourth-order valence-electron chi connectivity index (χ4n) is 2.68. The van der Waals surface area contributed by atoms with Crippen molar-refractivity contribution in [3.63, 3.8) is 0 Å². The first-order chi connectivity index (χ1) is 12.1. The molecule has 0 aliphatic rings. The molecule has 0 aliphatic carbocycles. The minimum atomic E-state index is -0.970. The molecule has 1 heterocycles. The van der Waals surface area contributed by atoms with Crippen molar-refractivity contribution < 1.29 is 14.7 Å². The molecule has 2 aromatic carbocycles. The SMILES string of the molecule is O=C(/C=C/N[C@H](Cc1c[nH]c2ccccc12)C(=O)O)c1ccccc1. The second kappa shape index (κ2) is 7.49. The first-order valence-corrected chi connectivity index (χ1v) is 7.95. The molecular weight excluding hydrogens is 316 g/mol. The van der Waals surface area contributed by atoms with E-state index in [4.69, 9.17) is 0 Å². The number of carboxylic acids is 1. The molecule has 0 saturated heterocycles. The Hall–Kier alpha value is -3.34. The lowest BCUT2D eigenvalue weighted by Crippen LogP contribution is -2.35. The molecule has 0 spiro atoms. The molecule has 0 bridgehead atoms. The molecule has 1 aromatic heterocycles. The van der Waals surface area contributed by atoms with E-state index in [2.05, 4.69) is 10.3 Å². The lowest BCUT2D eigenvalue weighted by Gasteiger charge is -2.12. The number of benzene rings is 2. The fraction of sp³-hybridized carbons (Fsp3) is 0.100. The number of carbonyl (C=O) groups excluding carboxylic acids is 1. The number of aromatic amines is 1. The second-order valence-electron chi connectivity index (χ2n) is 5.68. The number of nitrogens with one attached hydrogen (secondary N) is 2. The summed E-state index contributed by atoms with van der Waals surface area (Å²) in [5, 5.41) is 13.2. The van der Waals surface area contributed by atoms with Gasteiger partial charge in [0.25, 0.3) is 0 Å². The number of H-pyrrole nitrogens is 1. The van der Waals surface area contributed by atoms with Gasteiger partial charge in [-0.25, -0.2) is 4.79 Å². The summed E-state index contributed by atoms with van der Waals surface area (Å²) in [6.07, 6.45) is 4.88. The molecule has 3 aromatic rings. The van der Waals surface area contributed by atoms with Crippen molar-refractivity contribution in [2.45, 2.75) is 12.5 Å². The van der Waals surface area contributed by atoms with Crippen molar-refractivity contribution in [2.24, 2.45) is 0 Å². The number of hydrogen-bond acceptors (Lipinski definition) is 3. The molecule has 0 saturated carbocycles. The number of aliphatic carboxylic acids is 1. The van der Waals surface area contributed by atoms with E-state index >= 15 is 0 Å². The minimum absolute atomic E-state index is 0.177. The van der Waals surface area contributed by atoms with Crippen molar-refractivity contribution >= 4 is 22.7 Å². The van der Waals surface area contributed by atoms with E-state index in [1.807, 2.05) is 36.5 Å². The molecule has 25 heavy (non-hydrogen) atoms. The van der Waals surface area contributed by atoms with Crippen LogP contribution in [-0.4, -0.2) is 27.9 Å². The number of carboxylic acid groups (broad SMARTS) is 1. The quantitative estimate of drug-likeness (QED) is 0.458. The van der Waals surface area contributed by atoms with Crippen LogP contribution in [0.3, 0.4) is 0 Å². The first kappa shape index (κ1) is 16.5. The number of fused-ring (bicyclic) bond motifs is 1. The van der Waals surface area contributed by atoms with E-state index in [0.29, 0.717) is 12.0 Å². The van der Waals surface area contributed by atoms with Crippen LogP contribution < -0.4 is 5.32 Å². The summed E-state index contributed by atoms with van der Waals surface area (Å²) >= 11 is 0. The van der Waals surface area contributed by atoms with Gasteiger partial charge >= 0.3 is 5.97 Å². The van der Waals surface area contributed by atoms with Crippen molar-refractivity contribution in [1.29, 1.82) is 0 Å². The van der Waals surface area contributed by atoms with E-state index < -0.39 is 12.0 Å². The van der Waals surface area contributed by atoms with Gasteiger partial charge in [-0.2, -0.15) is 0 Å². The summed E-state index contributed by atoms with van der Waals surface area (Å²) in [6, 6.07) is 15.8. The van der Waals surface area contributed by atoms with Crippen LogP contribution in [0.15, 0.2) is 73.1 Å². The Labute approximate surface area is 145 Å². The van der Waals surface area contributed by atoms with Gasteiger partial charge in [0.05, 0.1) is 0 Å². The highest BCUT2D eigenvalue weighted by molar-refractivity contribution is 6.04. The summed E-state index contributed by atoms with van der Waals surface area (Å²) in [5.41, 5.74) is 2.44. The number of rotatable bonds is 7. The molecule has 5 heteroatoms. The van der Waals surface area contributed by atoms with Crippen LogP contribution in [-0.2, 0) is 11.2 Å². The van der Waals surface area contributed by atoms with Crippen LogP contribution in [0, 0.1) is 0 Å². The monoisotopic (exact) mass is 334 g/mol. The van der Waals surface area contributed by atoms with E-state index in [0.717, 1.165) is 16.5 Å². The first-order valence-electron chi connectivity index (χ1n) is 7.95. The Balaban J connectivity index is 1.69. The smallest absolute Gasteiger partial charge is 0.326 e. The molecule has 5 nitrogen and oxygen atoms in total. The van der Waals surface area contributed by atoms with Crippen LogP contribution in [0.1, 0.15) is 15.9 Å². The number of aromatic nitrogens is 1. The van der Waals surface area contributed by atoms with Crippen molar-refractivity contribution in [3.8, 4) is 0 Å². The molecule has 3 N–H and O–H groups in total. The van der Waals surface area contributed by atoms with Crippen LogP contribution in [0.2, 0.25) is 0 Å². The van der Waals surface area contributed by atoms with Gasteiger partial charge in [0, 0.05) is 41.4 Å². The number of hydrogen-bond donors (Lipinski definition) is 3. The van der Waals surface area contributed by atoms with E-state index in [1.54, 1.807) is 24.3 Å². The average Bonchev–Trinajstić information content (AvgIpc) is 3.04. The number of para-hydroxylation sites is 1. The summed E-state index contributed by atoms with van der Waals surface area (Å²) in [6.45, 7) is 0. The molecule has 0 unspecified atom stereocenters. The molecule has 0 radical (unpaired) electrons.